The Balaban J connectivity index is 1.73. The first-order valence-electron chi connectivity index (χ1n) is 7.45. The van der Waals surface area contributed by atoms with E-state index in [0.717, 1.165) is 35.6 Å². The predicted molar refractivity (Wildman–Crippen MR) is 91.5 cm³/mol. The second kappa shape index (κ2) is 7.31. The van der Waals surface area contributed by atoms with Crippen molar-refractivity contribution < 1.29 is 9.90 Å². The number of amides is 1. The average molecular weight is 333 g/mol. The maximum Gasteiger partial charge on any atom is 0.255 e. The predicted octanol–water partition coefficient (Wildman–Crippen LogP) is 3.64. The second-order valence-electron chi connectivity index (χ2n) is 5.41. The molecule has 1 aromatic heterocycles. The first-order chi connectivity index (χ1) is 10.7. The van der Waals surface area contributed by atoms with Crippen molar-refractivity contribution in [3.8, 4) is 0 Å². The number of thiophene rings is 1. The number of aliphatic hydroxyl groups excluding tert-OH is 1. The fourth-order valence-electron chi connectivity index (χ4n) is 2.62. The summed E-state index contributed by atoms with van der Waals surface area (Å²) in [5.41, 5.74) is 0.748. The van der Waals surface area contributed by atoms with Crippen LogP contribution in [0.1, 0.15) is 28.1 Å². The van der Waals surface area contributed by atoms with Gasteiger partial charge in [-0.05, 0) is 36.4 Å². The molecule has 1 aliphatic heterocycles. The molecule has 1 N–H and O–H groups in total. The number of nitrogens with zero attached hydrogens (tertiary/aromatic N) is 1. The molecule has 1 saturated heterocycles. The Kier molecular flexibility index (Phi) is 5.18. The molecule has 2 aromatic rings. The van der Waals surface area contributed by atoms with Gasteiger partial charge in [-0.1, -0.05) is 18.2 Å². The van der Waals surface area contributed by atoms with Gasteiger partial charge in [0.1, 0.15) is 0 Å². The lowest BCUT2D eigenvalue weighted by atomic mass is 10.1. The number of carbonyl (C=O) groups excluding carboxylic acids is 1. The Hall–Kier alpha value is -1.30. The molecule has 1 amide bonds. The van der Waals surface area contributed by atoms with Gasteiger partial charge in [-0.3, -0.25) is 4.79 Å². The number of thioether (sulfide) groups is 1. The van der Waals surface area contributed by atoms with Crippen LogP contribution in [0.3, 0.4) is 0 Å². The summed E-state index contributed by atoms with van der Waals surface area (Å²) in [5.74, 6) is 0.915. The van der Waals surface area contributed by atoms with Crippen molar-refractivity contribution in [1.82, 2.24) is 4.90 Å². The smallest absolute Gasteiger partial charge is 0.255 e. The van der Waals surface area contributed by atoms with Gasteiger partial charge in [0.25, 0.3) is 5.91 Å². The zero-order valence-corrected chi connectivity index (χ0v) is 13.9. The van der Waals surface area contributed by atoms with Gasteiger partial charge in [-0.2, -0.15) is 0 Å². The summed E-state index contributed by atoms with van der Waals surface area (Å²) in [6, 6.07) is 11.9. The fourth-order valence-corrected chi connectivity index (χ4v) is 4.44. The number of hydrogen-bond donors (Lipinski definition) is 1. The molecule has 116 valence electrons. The molecule has 3 nitrogen and oxygen atoms in total. The maximum absolute atomic E-state index is 12.7. The van der Waals surface area contributed by atoms with Crippen molar-refractivity contribution in [2.45, 2.75) is 29.6 Å². The van der Waals surface area contributed by atoms with Crippen LogP contribution >= 0.6 is 23.1 Å². The first kappa shape index (κ1) is 15.6. The summed E-state index contributed by atoms with van der Waals surface area (Å²) in [5, 5.41) is 11.8. The highest BCUT2D eigenvalue weighted by Gasteiger charge is 2.24. The van der Waals surface area contributed by atoms with Crippen LogP contribution in [0.5, 0.6) is 0 Å². The molecular weight excluding hydrogens is 314 g/mol. The van der Waals surface area contributed by atoms with Gasteiger partial charge in [-0.15, -0.1) is 23.1 Å². The molecule has 1 fully saturated rings. The van der Waals surface area contributed by atoms with Crippen LogP contribution in [0, 0.1) is 0 Å². The highest BCUT2D eigenvalue weighted by atomic mass is 32.2. The molecule has 0 saturated carbocycles. The highest BCUT2D eigenvalue weighted by molar-refractivity contribution is 7.98. The van der Waals surface area contributed by atoms with Gasteiger partial charge in [0, 0.05) is 28.6 Å². The normalized spacial score (nSPS) is 18.4. The maximum atomic E-state index is 12.7. The van der Waals surface area contributed by atoms with Crippen molar-refractivity contribution in [3.05, 3.63) is 52.2 Å². The monoisotopic (exact) mass is 333 g/mol. The standard InChI is InChI=1S/C17H19NO2S2/c19-13-5-3-9-18(11-13)17(20)15-7-1-2-8-16(15)22-12-14-6-4-10-21-14/h1-2,4,6-8,10,13,19H,3,5,9,11-12H2. The summed E-state index contributed by atoms with van der Waals surface area (Å²) >= 11 is 3.43. The second-order valence-corrected chi connectivity index (χ2v) is 7.46. The summed E-state index contributed by atoms with van der Waals surface area (Å²) < 4.78 is 0. The van der Waals surface area contributed by atoms with Crippen molar-refractivity contribution in [2.24, 2.45) is 0 Å². The summed E-state index contributed by atoms with van der Waals surface area (Å²) in [4.78, 5) is 16.8. The minimum Gasteiger partial charge on any atom is -0.391 e. The third-order valence-electron chi connectivity index (χ3n) is 3.75. The third-order valence-corrected chi connectivity index (χ3v) is 5.93. The van der Waals surface area contributed by atoms with Crippen molar-refractivity contribution in [1.29, 1.82) is 0 Å². The molecular formula is C17H19NO2S2. The number of β-amino-alcohol motifs (C(OH)–C–C–N with tert-alkyl or cyclic N) is 1. The number of likely N-dealkylation sites (tertiary alicyclic amines) is 1. The number of rotatable bonds is 4. The third kappa shape index (κ3) is 3.72. The Morgan fingerprint density at radius 3 is 2.95 bits per heavy atom. The van der Waals surface area contributed by atoms with E-state index in [1.807, 2.05) is 30.3 Å². The molecule has 2 heterocycles. The molecule has 3 rings (SSSR count). The molecule has 0 radical (unpaired) electrons. The topological polar surface area (TPSA) is 40.5 Å². The van der Waals surface area contributed by atoms with Crippen LogP contribution in [-0.2, 0) is 5.75 Å². The van der Waals surface area contributed by atoms with Gasteiger partial charge in [0.2, 0.25) is 0 Å². The lowest BCUT2D eigenvalue weighted by molar-refractivity contribution is 0.0471. The Labute approximate surface area is 139 Å². The molecule has 0 bridgehead atoms. The van der Waals surface area contributed by atoms with Crippen molar-refractivity contribution >= 4 is 29.0 Å². The number of aliphatic hydroxyl groups is 1. The van der Waals surface area contributed by atoms with Gasteiger partial charge < -0.3 is 10.0 Å². The van der Waals surface area contributed by atoms with Crippen LogP contribution < -0.4 is 0 Å². The van der Waals surface area contributed by atoms with E-state index in [1.165, 1.54) is 4.88 Å². The van der Waals surface area contributed by atoms with Crippen LogP contribution in [0.2, 0.25) is 0 Å². The van der Waals surface area contributed by atoms with E-state index in [0.29, 0.717) is 6.54 Å². The zero-order chi connectivity index (χ0) is 15.4. The van der Waals surface area contributed by atoms with Crippen LogP contribution in [0.25, 0.3) is 0 Å². The average Bonchev–Trinajstić information content (AvgIpc) is 3.06. The lowest BCUT2D eigenvalue weighted by Crippen LogP contribution is -2.42. The van der Waals surface area contributed by atoms with Gasteiger partial charge >= 0.3 is 0 Å². The van der Waals surface area contributed by atoms with Crippen molar-refractivity contribution in [3.63, 3.8) is 0 Å². The number of piperidine rings is 1. The molecule has 1 atom stereocenters. The fraction of sp³-hybridized carbons (Fsp3) is 0.353. The minimum atomic E-state index is -0.386. The van der Waals surface area contributed by atoms with Gasteiger partial charge in [-0.25, -0.2) is 0 Å². The first-order valence-corrected chi connectivity index (χ1v) is 9.32. The Morgan fingerprint density at radius 2 is 2.18 bits per heavy atom. The van der Waals surface area contributed by atoms with Crippen LogP contribution in [0.15, 0.2) is 46.7 Å². The lowest BCUT2D eigenvalue weighted by Gasteiger charge is -2.30. The largest absolute Gasteiger partial charge is 0.391 e. The van der Waals surface area contributed by atoms with E-state index in [9.17, 15) is 9.90 Å². The van der Waals surface area contributed by atoms with E-state index in [2.05, 4.69) is 11.4 Å². The quantitative estimate of drug-likeness (QED) is 0.869. The number of hydrogen-bond acceptors (Lipinski definition) is 4. The highest BCUT2D eigenvalue weighted by Crippen LogP contribution is 2.29. The number of benzene rings is 1. The van der Waals surface area contributed by atoms with E-state index >= 15 is 0 Å². The Morgan fingerprint density at radius 1 is 1.32 bits per heavy atom. The molecule has 1 aliphatic rings. The van der Waals surface area contributed by atoms with E-state index < -0.39 is 0 Å². The van der Waals surface area contributed by atoms with Crippen LogP contribution in [0.4, 0.5) is 0 Å². The van der Waals surface area contributed by atoms with Gasteiger partial charge in [0.05, 0.1) is 11.7 Å². The molecule has 5 heteroatoms. The molecule has 0 aliphatic carbocycles. The zero-order valence-electron chi connectivity index (χ0n) is 12.3. The summed E-state index contributed by atoms with van der Waals surface area (Å²) in [6.45, 7) is 1.18. The van der Waals surface area contributed by atoms with E-state index in [4.69, 9.17) is 0 Å². The summed E-state index contributed by atoms with van der Waals surface area (Å²) in [7, 11) is 0. The Bertz CT molecular complexity index is 627. The number of carbonyl (C=O) groups is 1. The molecule has 1 unspecified atom stereocenters. The summed E-state index contributed by atoms with van der Waals surface area (Å²) in [6.07, 6.45) is 1.28. The van der Waals surface area contributed by atoms with Crippen molar-refractivity contribution in [2.75, 3.05) is 13.1 Å². The van der Waals surface area contributed by atoms with Crippen LogP contribution in [-0.4, -0.2) is 35.1 Å². The SMILES string of the molecule is O=C(c1ccccc1SCc1cccs1)N1CCCC(O)C1. The molecule has 1 aromatic carbocycles. The molecule has 22 heavy (non-hydrogen) atoms. The molecule has 0 spiro atoms. The van der Waals surface area contributed by atoms with E-state index in [-0.39, 0.29) is 12.0 Å². The van der Waals surface area contributed by atoms with Gasteiger partial charge in [0.15, 0.2) is 0 Å². The minimum absolute atomic E-state index is 0.0352. The van der Waals surface area contributed by atoms with E-state index in [1.54, 1.807) is 28.0 Å².